The molecular weight excluding hydrogens is 322 g/mol. The zero-order valence-corrected chi connectivity index (χ0v) is 13.2. The molecule has 0 unspecified atom stereocenters. The van der Waals surface area contributed by atoms with E-state index >= 15 is 0 Å². The summed E-state index contributed by atoms with van der Waals surface area (Å²) in [6.45, 7) is -0.193. The van der Waals surface area contributed by atoms with Gasteiger partial charge < -0.3 is 19.5 Å². The summed E-state index contributed by atoms with van der Waals surface area (Å²) in [6, 6.07) is 12.4. The average Bonchev–Trinajstić information content (AvgIpc) is 2.89. The Kier molecular flexibility index (Phi) is 3.54. The van der Waals surface area contributed by atoms with Gasteiger partial charge in [0.1, 0.15) is 11.3 Å². The smallest absolute Gasteiger partial charge is 0.290 e. The second-order valence-corrected chi connectivity index (χ2v) is 5.89. The fourth-order valence-corrected chi connectivity index (χ4v) is 3.35. The summed E-state index contributed by atoms with van der Waals surface area (Å²) in [5, 5.41) is 19.5. The third kappa shape index (κ3) is 2.30. The zero-order valence-electron chi connectivity index (χ0n) is 13.2. The van der Waals surface area contributed by atoms with Gasteiger partial charge in [-0.3, -0.25) is 9.59 Å². The molecule has 1 aromatic heterocycles. The number of β-amino-alcohol motifs (C(OH)–C–C–N with tert-alkyl or cyclic N) is 1. The van der Waals surface area contributed by atoms with Gasteiger partial charge in [0.25, 0.3) is 5.91 Å². The maximum absolute atomic E-state index is 13.0. The first-order valence-electron chi connectivity index (χ1n) is 7.88. The van der Waals surface area contributed by atoms with Crippen molar-refractivity contribution in [1.82, 2.24) is 4.90 Å². The number of phenols is 1. The minimum absolute atomic E-state index is 0.00880. The Morgan fingerprint density at radius 1 is 1.08 bits per heavy atom. The Morgan fingerprint density at radius 2 is 1.88 bits per heavy atom. The van der Waals surface area contributed by atoms with E-state index in [1.54, 1.807) is 36.4 Å². The summed E-state index contributed by atoms with van der Waals surface area (Å²) >= 11 is 0. The average molecular weight is 337 g/mol. The number of fused-ring (bicyclic) bond motifs is 2. The number of nitrogens with zero attached hydrogens (tertiary/aromatic N) is 1. The monoisotopic (exact) mass is 337 g/mol. The number of aliphatic hydroxyl groups excluding tert-OH is 1. The number of aromatic hydroxyl groups is 1. The van der Waals surface area contributed by atoms with E-state index in [4.69, 9.17) is 4.42 Å². The topological polar surface area (TPSA) is 91.0 Å². The van der Waals surface area contributed by atoms with Crippen LogP contribution in [-0.2, 0) is 0 Å². The van der Waals surface area contributed by atoms with Gasteiger partial charge in [0, 0.05) is 6.54 Å². The van der Waals surface area contributed by atoms with Gasteiger partial charge in [0.05, 0.1) is 23.6 Å². The molecule has 2 aromatic carbocycles. The van der Waals surface area contributed by atoms with Gasteiger partial charge in [0.2, 0.25) is 5.76 Å². The number of para-hydroxylation sites is 1. The first kappa shape index (κ1) is 15.4. The molecular formula is C19H15NO5. The molecule has 0 saturated heterocycles. The van der Waals surface area contributed by atoms with E-state index in [0.717, 1.165) is 0 Å². The Bertz CT molecular complexity index is 1040. The molecule has 25 heavy (non-hydrogen) atoms. The van der Waals surface area contributed by atoms with Crippen molar-refractivity contribution in [3.63, 3.8) is 0 Å². The van der Waals surface area contributed by atoms with Crippen molar-refractivity contribution in [2.45, 2.75) is 6.04 Å². The summed E-state index contributed by atoms with van der Waals surface area (Å²) in [5.41, 5.74) is 0.893. The van der Waals surface area contributed by atoms with E-state index < -0.39 is 11.9 Å². The van der Waals surface area contributed by atoms with Crippen molar-refractivity contribution in [2.24, 2.45) is 0 Å². The predicted octanol–water partition coefficient (Wildman–Crippen LogP) is 2.04. The van der Waals surface area contributed by atoms with E-state index in [2.05, 4.69) is 0 Å². The van der Waals surface area contributed by atoms with Crippen LogP contribution in [0.1, 0.15) is 27.7 Å². The predicted molar refractivity (Wildman–Crippen MR) is 90.6 cm³/mol. The quantitative estimate of drug-likeness (QED) is 0.763. The van der Waals surface area contributed by atoms with Crippen LogP contribution in [0.4, 0.5) is 0 Å². The minimum Gasteiger partial charge on any atom is -0.508 e. The molecule has 4 rings (SSSR count). The van der Waals surface area contributed by atoms with Gasteiger partial charge in [-0.25, -0.2) is 0 Å². The molecule has 6 heteroatoms. The van der Waals surface area contributed by atoms with E-state index in [0.29, 0.717) is 16.5 Å². The zero-order chi connectivity index (χ0) is 17.6. The van der Waals surface area contributed by atoms with Crippen molar-refractivity contribution in [3.05, 3.63) is 75.6 Å². The van der Waals surface area contributed by atoms with Crippen LogP contribution in [0.25, 0.3) is 11.0 Å². The van der Waals surface area contributed by atoms with Crippen LogP contribution < -0.4 is 5.43 Å². The van der Waals surface area contributed by atoms with Gasteiger partial charge in [-0.1, -0.05) is 24.3 Å². The van der Waals surface area contributed by atoms with Crippen molar-refractivity contribution >= 4 is 16.9 Å². The van der Waals surface area contributed by atoms with Gasteiger partial charge in [-0.2, -0.15) is 0 Å². The summed E-state index contributed by atoms with van der Waals surface area (Å²) in [6.07, 6.45) is 0. The summed E-state index contributed by atoms with van der Waals surface area (Å²) < 4.78 is 5.72. The number of hydrogen-bond acceptors (Lipinski definition) is 5. The first-order valence-corrected chi connectivity index (χ1v) is 7.88. The van der Waals surface area contributed by atoms with E-state index in [-0.39, 0.29) is 35.7 Å². The first-order chi connectivity index (χ1) is 12.1. The molecule has 1 aliphatic heterocycles. The maximum Gasteiger partial charge on any atom is 0.290 e. The number of benzene rings is 2. The number of rotatable bonds is 3. The summed E-state index contributed by atoms with van der Waals surface area (Å²) in [5.74, 6) is -0.418. The minimum atomic E-state index is -0.706. The SMILES string of the molecule is O=C1c2oc3ccccc3c(=O)c2[C@H](c2cccc(O)c2)N1CCO. The molecule has 3 aromatic rings. The lowest BCUT2D eigenvalue weighted by atomic mass is 9.98. The van der Waals surface area contributed by atoms with E-state index in [9.17, 15) is 19.8 Å². The highest BCUT2D eigenvalue weighted by Gasteiger charge is 2.42. The molecule has 0 saturated carbocycles. The summed E-state index contributed by atoms with van der Waals surface area (Å²) in [7, 11) is 0. The number of carbonyl (C=O) groups excluding carboxylic acids is 1. The number of carbonyl (C=O) groups is 1. The van der Waals surface area contributed by atoms with Crippen molar-refractivity contribution < 1.29 is 19.4 Å². The van der Waals surface area contributed by atoms with E-state index in [1.807, 2.05) is 0 Å². The Labute approximate surface area is 142 Å². The van der Waals surface area contributed by atoms with Crippen LogP contribution in [0.2, 0.25) is 0 Å². The molecule has 1 amide bonds. The number of hydrogen-bond donors (Lipinski definition) is 2. The lowest BCUT2D eigenvalue weighted by Crippen LogP contribution is -2.32. The van der Waals surface area contributed by atoms with Gasteiger partial charge in [-0.05, 0) is 29.8 Å². The molecule has 0 spiro atoms. The van der Waals surface area contributed by atoms with Crippen LogP contribution in [-0.4, -0.2) is 34.2 Å². The van der Waals surface area contributed by atoms with Crippen LogP contribution in [0.5, 0.6) is 5.75 Å². The molecule has 2 heterocycles. The molecule has 6 nitrogen and oxygen atoms in total. The number of phenolic OH excluding ortho intramolecular Hbond substituents is 1. The largest absolute Gasteiger partial charge is 0.508 e. The molecule has 126 valence electrons. The third-order valence-corrected chi connectivity index (χ3v) is 4.40. The normalized spacial score (nSPS) is 16.4. The fourth-order valence-electron chi connectivity index (χ4n) is 3.35. The van der Waals surface area contributed by atoms with Crippen LogP contribution in [0.3, 0.4) is 0 Å². The lowest BCUT2D eigenvalue weighted by molar-refractivity contribution is 0.0691. The number of amides is 1. The third-order valence-electron chi connectivity index (χ3n) is 4.40. The van der Waals surface area contributed by atoms with Crippen molar-refractivity contribution in [1.29, 1.82) is 0 Å². The van der Waals surface area contributed by atoms with Gasteiger partial charge in [0.15, 0.2) is 5.43 Å². The molecule has 0 aliphatic carbocycles. The molecule has 0 radical (unpaired) electrons. The van der Waals surface area contributed by atoms with Crippen molar-refractivity contribution in [2.75, 3.05) is 13.2 Å². The van der Waals surface area contributed by atoms with Gasteiger partial charge >= 0.3 is 0 Å². The van der Waals surface area contributed by atoms with E-state index in [1.165, 1.54) is 17.0 Å². The molecule has 1 atom stereocenters. The second-order valence-electron chi connectivity index (χ2n) is 5.89. The fraction of sp³-hybridized carbons (Fsp3) is 0.158. The van der Waals surface area contributed by atoms with Gasteiger partial charge in [-0.15, -0.1) is 0 Å². The second kappa shape index (κ2) is 5.75. The Balaban J connectivity index is 2.02. The molecule has 2 N–H and O–H groups in total. The van der Waals surface area contributed by atoms with Crippen LogP contribution in [0, 0.1) is 0 Å². The highest BCUT2D eigenvalue weighted by molar-refractivity contribution is 5.99. The van der Waals surface area contributed by atoms with Crippen LogP contribution >= 0.6 is 0 Å². The Morgan fingerprint density at radius 3 is 2.64 bits per heavy atom. The van der Waals surface area contributed by atoms with Crippen molar-refractivity contribution in [3.8, 4) is 5.75 Å². The molecule has 0 bridgehead atoms. The highest BCUT2D eigenvalue weighted by Crippen LogP contribution is 2.38. The molecule has 0 fully saturated rings. The number of aliphatic hydroxyl groups is 1. The Hall–Kier alpha value is -3.12. The standard InChI is InChI=1S/C19H15NO5/c21-9-8-20-16(11-4-3-5-12(22)10-11)15-17(23)13-6-1-2-7-14(13)25-18(15)19(20)24/h1-7,10,16,21-22H,8-9H2/t16-/m0/s1. The maximum atomic E-state index is 13.0. The highest BCUT2D eigenvalue weighted by atomic mass is 16.3. The lowest BCUT2D eigenvalue weighted by Gasteiger charge is -2.24. The molecule has 1 aliphatic rings. The summed E-state index contributed by atoms with van der Waals surface area (Å²) in [4.78, 5) is 27.2. The van der Waals surface area contributed by atoms with Crippen LogP contribution in [0.15, 0.2) is 57.7 Å².